The first-order chi connectivity index (χ1) is 10.1. The second kappa shape index (κ2) is 5.52. The molecule has 3 rings (SSSR count). The van der Waals surface area contributed by atoms with Crippen molar-refractivity contribution in [2.75, 3.05) is 5.32 Å². The van der Waals surface area contributed by atoms with E-state index < -0.39 is 0 Å². The van der Waals surface area contributed by atoms with Crippen LogP contribution in [0.15, 0.2) is 30.6 Å². The predicted molar refractivity (Wildman–Crippen MR) is 79.4 cm³/mol. The van der Waals surface area contributed by atoms with Gasteiger partial charge >= 0.3 is 0 Å². The number of carbonyl (C=O) groups is 1. The zero-order valence-corrected chi connectivity index (χ0v) is 12.1. The van der Waals surface area contributed by atoms with Crippen molar-refractivity contribution in [3.63, 3.8) is 0 Å². The molecule has 0 aromatic carbocycles. The lowest BCUT2D eigenvalue weighted by Gasteiger charge is -2.09. The Labute approximate surface area is 123 Å². The lowest BCUT2D eigenvalue weighted by atomic mass is 10.2. The van der Waals surface area contributed by atoms with Gasteiger partial charge in [-0.3, -0.25) is 4.79 Å². The number of ether oxygens (including phenoxy) is 1. The molecule has 0 atom stereocenters. The van der Waals surface area contributed by atoms with Gasteiger partial charge in [0.15, 0.2) is 0 Å². The van der Waals surface area contributed by atoms with Crippen LogP contribution in [0.3, 0.4) is 0 Å². The van der Waals surface area contributed by atoms with Gasteiger partial charge in [0, 0.05) is 29.9 Å². The van der Waals surface area contributed by atoms with Gasteiger partial charge in [0.1, 0.15) is 11.6 Å². The Bertz CT molecular complexity index is 681. The molecule has 1 saturated carbocycles. The molecule has 2 aromatic rings. The average molecular weight is 283 g/mol. The number of anilines is 1. The van der Waals surface area contributed by atoms with Gasteiger partial charge in [-0.05, 0) is 44.4 Å². The fourth-order valence-corrected chi connectivity index (χ4v) is 2.04. The number of amides is 1. The van der Waals surface area contributed by atoms with Crippen LogP contribution in [0.1, 0.15) is 24.0 Å². The van der Waals surface area contributed by atoms with E-state index in [9.17, 15) is 4.79 Å². The summed E-state index contributed by atoms with van der Waals surface area (Å²) in [7, 11) is 0. The highest BCUT2D eigenvalue weighted by Crippen LogP contribution is 2.30. The maximum absolute atomic E-state index is 11.7. The smallest absolute Gasteiger partial charge is 0.228 e. The Hall–Kier alpha value is -2.43. The molecule has 0 radical (unpaired) electrons. The van der Waals surface area contributed by atoms with Crippen molar-refractivity contribution < 1.29 is 9.53 Å². The fourth-order valence-electron chi connectivity index (χ4n) is 2.04. The quantitative estimate of drug-likeness (QED) is 0.935. The first-order valence-corrected chi connectivity index (χ1v) is 7.00. The number of pyridine rings is 2. The van der Waals surface area contributed by atoms with E-state index in [4.69, 9.17) is 4.74 Å². The van der Waals surface area contributed by atoms with Crippen LogP contribution in [-0.2, 0) is 4.79 Å². The number of nitrogens with one attached hydrogen (secondary N) is 1. The molecule has 0 saturated heterocycles. The fraction of sp³-hybridized carbons (Fsp3) is 0.312. The molecule has 0 spiro atoms. The zero-order chi connectivity index (χ0) is 14.8. The topological polar surface area (TPSA) is 64.1 Å². The number of hydrogen-bond donors (Lipinski definition) is 1. The van der Waals surface area contributed by atoms with Crippen LogP contribution < -0.4 is 10.1 Å². The Balaban J connectivity index is 1.74. The van der Waals surface area contributed by atoms with Gasteiger partial charge in [0.2, 0.25) is 11.8 Å². The van der Waals surface area contributed by atoms with Gasteiger partial charge in [-0.2, -0.15) is 0 Å². The van der Waals surface area contributed by atoms with Crippen molar-refractivity contribution in [3.8, 4) is 11.6 Å². The Morgan fingerprint density at radius 3 is 2.81 bits per heavy atom. The molecular weight excluding hydrogens is 266 g/mol. The van der Waals surface area contributed by atoms with E-state index in [1.807, 2.05) is 19.9 Å². The minimum atomic E-state index is 0.0318. The monoisotopic (exact) mass is 283 g/mol. The van der Waals surface area contributed by atoms with Crippen LogP contribution in [0.2, 0.25) is 0 Å². The van der Waals surface area contributed by atoms with Gasteiger partial charge in [0.25, 0.3) is 0 Å². The summed E-state index contributed by atoms with van der Waals surface area (Å²) in [4.78, 5) is 20.1. The lowest BCUT2D eigenvalue weighted by molar-refractivity contribution is -0.117. The summed E-state index contributed by atoms with van der Waals surface area (Å²) in [5.74, 6) is 1.86. The normalized spacial score (nSPS) is 13.8. The van der Waals surface area contributed by atoms with Gasteiger partial charge < -0.3 is 10.1 Å². The van der Waals surface area contributed by atoms with E-state index in [1.54, 1.807) is 24.5 Å². The molecule has 21 heavy (non-hydrogen) atoms. The molecule has 1 aliphatic carbocycles. The van der Waals surface area contributed by atoms with Crippen LogP contribution in [0.5, 0.6) is 11.6 Å². The first kappa shape index (κ1) is 13.5. The van der Waals surface area contributed by atoms with Crippen molar-refractivity contribution in [3.05, 3.63) is 41.7 Å². The third-order valence-corrected chi connectivity index (χ3v) is 3.31. The minimum absolute atomic E-state index is 0.0318. The second-order valence-corrected chi connectivity index (χ2v) is 5.38. The molecule has 0 unspecified atom stereocenters. The molecule has 5 nitrogen and oxygen atoms in total. The molecule has 1 amide bonds. The number of aryl methyl sites for hydroxylation is 2. The standard InChI is InChI=1S/C16H17N3O2/c1-10-7-11(2)16(18-9-10)21-13-5-6-17-14(8-13)19-15(20)12-3-4-12/h5-9,12H,3-4H2,1-2H3,(H,17,19,20). The number of carbonyl (C=O) groups excluding carboxylic acids is 1. The molecule has 1 aliphatic rings. The van der Waals surface area contributed by atoms with E-state index in [0.29, 0.717) is 17.4 Å². The highest BCUT2D eigenvalue weighted by atomic mass is 16.5. The Kier molecular flexibility index (Phi) is 3.56. The second-order valence-electron chi connectivity index (χ2n) is 5.38. The molecule has 0 aliphatic heterocycles. The molecule has 2 aromatic heterocycles. The zero-order valence-electron chi connectivity index (χ0n) is 12.1. The van der Waals surface area contributed by atoms with Crippen LogP contribution >= 0.6 is 0 Å². The third kappa shape index (κ3) is 3.37. The van der Waals surface area contributed by atoms with E-state index in [-0.39, 0.29) is 11.8 Å². The molecule has 1 fully saturated rings. The van der Waals surface area contributed by atoms with Crippen molar-refractivity contribution in [2.24, 2.45) is 5.92 Å². The summed E-state index contributed by atoms with van der Waals surface area (Å²) in [5, 5.41) is 2.80. The summed E-state index contributed by atoms with van der Waals surface area (Å²) in [6, 6.07) is 5.47. The molecule has 0 bridgehead atoms. The van der Waals surface area contributed by atoms with Crippen LogP contribution in [-0.4, -0.2) is 15.9 Å². The molecule has 5 heteroatoms. The molecular formula is C16H17N3O2. The summed E-state index contributed by atoms with van der Waals surface area (Å²) < 4.78 is 5.76. The average Bonchev–Trinajstić information content (AvgIpc) is 3.27. The summed E-state index contributed by atoms with van der Waals surface area (Å²) in [6.45, 7) is 3.94. The van der Waals surface area contributed by atoms with Crippen molar-refractivity contribution in [1.82, 2.24) is 9.97 Å². The van der Waals surface area contributed by atoms with E-state index in [0.717, 1.165) is 24.0 Å². The van der Waals surface area contributed by atoms with Gasteiger partial charge in [0.05, 0.1) is 0 Å². The largest absolute Gasteiger partial charge is 0.439 e. The molecule has 108 valence electrons. The summed E-state index contributed by atoms with van der Waals surface area (Å²) in [6.07, 6.45) is 5.31. The van der Waals surface area contributed by atoms with Crippen LogP contribution in [0.25, 0.3) is 0 Å². The number of rotatable bonds is 4. The summed E-state index contributed by atoms with van der Waals surface area (Å²) >= 11 is 0. The van der Waals surface area contributed by atoms with Crippen molar-refractivity contribution >= 4 is 11.7 Å². The summed E-state index contributed by atoms with van der Waals surface area (Å²) in [5.41, 5.74) is 2.06. The minimum Gasteiger partial charge on any atom is -0.439 e. The maximum atomic E-state index is 11.7. The van der Waals surface area contributed by atoms with Gasteiger partial charge in [-0.1, -0.05) is 0 Å². The van der Waals surface area contributed by atoms with Crippen molar-refractivity contribution in [1.29, 1.82) is 0 Å². The lowest BCUT2D eigenvalue weighted by Crippen LogP contribution is -2.14. The first-order valence-electron chi connectivity index (χ1n) is 7.00. The third-order valence-electron chi connectivity index (χ3n) is 3.31. The Morgan fingerprint density at radius 2 is 2.10 bits per heavy atom. The van der Waals surface area contributed by atoms with Gasteiger partial charge in [-0.15, -0.1) is 0 Å². The number of hydrogen-bond acceptors (Lipinski definition) is 4. The van der Waals surface area contributed by atoms with Crippen LogP contribution in [0, 0.1) is 19.8 Å². The van der Waals surface area contributed by atoms with Crippen molar-refractivity contribution in [2.45, 2.75) is 26.7 Å². The molecule has 2 heterocycles. The predicted octanol–water partition coefficient (Wildman–Crippen LogP) is 3.23. The van der Waals surface area contributed by atoms with Crippen LogP contribution in [0.4, 0.5) is 5.82 Å². The van der Waals surface area contributed by atoms with E-state index in [1.165, 1.54) is 0 Å². The Morgan fingerprint density at radius 1 is 1.29 bits per heavy atom. The van der Waals surface area contributed by atoms with E-state index >= 15 is 0 Å². The number of aromatic nitrogens is 2. The molecule has 1 N–H and O–H groups in total. The highest BCUT2D eigenvalue weighted by Gasteiger charge is 2.29. The maximum Gasteiger partial charge on any atom is 0.228 e. The highest BCUT2D eigenvalue weighted by molar-refractivity contribution is 5.93. The van der Waals surface area contributed by atoms with E-state index in [2.05, 4.69) is 15.3 Å². The number of nitrogens with zero attached hydrogens (tertiary/aromatic N) is 2. The SMILES string of the molecule is Cc1cnc(Oc2ccnc(NC(=O)C3CC3)c2)c(C)c1. The van der Waals surface area contributed by atoms with Gasteiger partial charge in [-0.25, -0.2) is 9.97 Å².